The molecule has 6 aromatic carbocycles. The van der Waals surface area contributed by atoms with Crippen LogP contribution < -0.4 is 11.4 Å². The molecule has 0 bridgehead atoms. The zero-order chi connectivity index (χ0) is 33.1. The van der Waals surface area contributed by atoms with Gasteiger partial charge in [0.15, 0.2) is 0 Å². The van der Waals surface area contributed by atoms with Gasteiger partial charge in [-0.1, -0.05) is 121 Å². The topological polar surface area (TPSA) is 86.7 Å². The Bertz CT molecular complexity index is 2750. The molecule has 0 fully saturated rings. The molecule has 3 heterocycles. The Morgan fingerprint density at radius 1 is 0.531 bits per heavy atom. The Kier molecular flexibility index (Phi) is 6.55. The lowest BCUT2D eigenvalue weighted by molar-refractivity contribution is 0.823. The van der Waals surface area contributed by atoms with Crippen LogP contribution in [0.5, 0.6) is 0 Å². The fourth-order valence-electron chi connectivity index (χ4n) is 7.16. The molecule has 0 saturated heterocycles. The van der Waals surface area contributed by atoms with Gasteiger partial charge in [0.2, 0.25) is 0 Å². The van der Waals surface area contributed by atoms with E-state index in [0.717, 1.165) is 55.3 Å². The average Bonchev–Trinajstić information content (AvgIpc) is 3.15. The zero-order valence-electron chi connectivity index (χ0n) is 26.6. The Balaban J connectivity index is 1.17. The number of hydrogen-bond acceptors (Lipinski definition) is 5. The predicted octanol–water partition coefficient (Wildman–Crippen LogP) is 9.43. The van der Waals surface area contributed by atoms with Crippen LogP contribution in [0.1, 0.15) is 0 Å². The molecule has 0 spiro atoms. The second-order valence-electron chi connectivity index (χ2n) is 12.3. The van der Waals surface area contributed by atoms with Crippen LogP contribution in [0.4, 0.5) is 5.69 Å². The average molecular weight is 632 g/mol. The molecular formula is C43H29N5O. The largest absolute Gasteiger partial charge is 0.396 e. The fraction of sp³-hybridized carbons (Fsp3) is 0.0233. The minimum absolute atomic E-state index is 0.340. The van der Waals surface area contributed by atoms with Crippen molar-refractivity contribution < 1.29 is 0 Å². The van der Waals surface area contributed by atoms with Crippen LogP contribution in [0.25, 0.3) is 88.1 Å². The number of pyridine rings is 2. The Morgan fingerprint density at radius 3 is 1.63 bits per heavy atom. The van der Waals surface area contributed by atoms with Crippen LogP contribution in [-0.2, 0) is 7.05 Å². The van der Waals surface area contributed by atoms with Gasteiger partial charge in [-0.25, -0.2) is 9.78 Å². The van der Waals surface area contributed by atoms with E-state index in [2.05, 4.69) is 125 Å². The van der Waals surface area contributed by atoms with Crippen molar-refractivity contribution in [3.05, 3.63) is 156 Å². The minimum atomic E-state index is -0.340. The van der Waals surface area contributed by atoms with Crippen molar-refractivity contribution in [1.82, 2.24) is 19.5 Å². The van der Waals surface area contributed by atoms with Gasteiger partial charge in [-0.05, 0) is 55.9 Å². The van der Waals surface area contributed by atoms with Crippen molar-refractivity contribution in [3.8, 4) is 44.8 Å². The van der Waals surface area contributed by atoms with Gasteiger partial charge in [-0.15, -0.1) is 0 Å². The van der Waals surface area contributed by atoms with Crippen LogP contribution >= 0.6 is 0 Å². The summed E-state index contributed by atoms with van der Waals surface area (Å²) in [6.07, 6.45) is 3.25. The zero-order valence-corrected chi connectivity index (χ0v) is 26.6. The van der Waals surface area contributed by atoms with Gasteiger partial charge >= 0.3 is 5.69 Å². The number of nitrogen functional groups attached to an aromatic ring is 1. The molecule has 0 saturated carbocycles. The van der Waals surface area contributed by atoms with Gasteiger partial charge < -0.3 is 5.73 Å². The maximum atomic E-state index is 12.3. The standard InChI is InChI=1S/C43H29N5O/c1-48-42(36(44)25-46-43(48)49)31-20-16-28(17-21-31)39-34-10-4-2-8-32(34)38(33-9-3-5-11-35(33)39)27-14-12-26(13-15-27)37-23-22-30-19-18-29-7-6-24-45-40(29)41(30)47-37/h2-25H,44H2,1H3. The van der Waals surface area contributed by atoms with E-state index < -0.39 is 0 Å². The van der Waals surface area contributed by atoms with Crippen molar-refractivity contribution in [2.75, 3.05) is 5.73 Å². The smallest absolute Gasteiger partial charge is 0.347 e. The van der Waals surface area contributed by atoms with Crippen molar-refractivity contribution in [2.45, 2.75) is 0 Å². The van der Waals surface area contributed by atoms with Gasteiger partial charge in [0, 0.05) is 35.1 Å². The quantitative estimate of drug-likeness (QED) is 0.154. The molecule has 9 rings (SSSR count). The van der Waals surface area contributed by atoms with Crippen molar-refractivity contribution in [1.29, 1.82) is 0 Å². The van der Waals surface area contributed by atoms with Gasteiger partial charge in [0.1, 0.15) is 0 Å². The lowest BCUT2D eigenvalue weighted by Crippen LogP contribution is -2.22. The first-order valence-electron chi connectivity index (χ1n) is 16.2. The summed E-state index contributed by atoms with van der Waals surface area (Å²) in [4.78, 5) is 25.8. The summed E-state index contributed by atoms with van der Waals surface area (Å²) in [5.74, 6) is 0. The summed E-state index contributed by atoms with van der Waals surface area (Å²) >= 11 is 0. The SMILES string of the molecule is Cn1c(-c2ccc(-c3c4ccccc4c(-c4ccc(-c5ccc6ccc7cccnc7c6n5)cc4)c4ccccc34)cc2)c(N)cnc1=O. The van der Waals surface area contributed by atoms with Gasteiger partial charge in [-0.2, -0.15) is 4.98 Å². The van der Waals surface area contributed by atoms with E-state index in [1.165, 1.54) is 37.9 Å². The van der Waals surface area contributed by atoms with Crippen LogP contribution in [0.15, 0.2) is 151 Å². The van der Waals surface area contributed by atoms with Crippen molar-refractivity contribution >= 4 is 49.0 Å². The minimum Gasteiger partial charge on any atom is -0.396 e. The highest BCUT2D eigenvalue weighted by atomic mass is 16.1. The molecule has 0 aliphatic rings. The molecule has 0 aliphatic carbocycles. The molecule has 6 nitrogen and oxygen atoms in total. The Morgan fingerprint density at radius 2 is 1.04 bits per heavy atom. The Hall–Kier alpha value is -6.66. The monoisotopic (exact) mass is 631 g/mol. The third kappa shape index (κ3) is 4.65. The summed E-state index contributed by atoms with van der Waals surface area (Å²) in [6, 6.07) is 46.6. The van der Waals surface area contributed by atoms with Crippen molar-refractivity contribution in [2.24, 2.45) is 7.05 Å². The summed E-state index contributed by atoms with van der Waals surface area (Å²) in [7, 11) is 1.69. The van der Waals surface area contributed by atoms with Crippen LogP contribution in [0.3, 0.4) is 0 Å². The lowest BCUT2D eigenvalue weighted by atomic mass is 9.85. The number of benzene rings is 6. The summed E-state index contributed by atoms with van der Waals surface area (Å²) < 4.78 is 1.49. The van der Waals surface area contributed by atoms with E-state index in [-0.39, 0.29) is 5.69 Å². The third-order valence-electron chi connectivity index (χ3n) is 9.49. The first kappa shape index (κ1) is 28.6. The summed E-state index contributed by atoms with van der Waals surface area (Å²) in [6.45, 7) is 0. The molecular weight excluding hydrogens is 603 g/mol. The maximum Gasteiger partial charge on any atom is 0.347 e. The van der Waals surface area contributed by atoms with E-state index >= 15 is 0 Å². The highest BCUT2D eigenvalue weighted by molar-refractivity contribution is 6.21. The Labute approximate surface area is 281 Å². The molecule has 0 atom stereocenters. The number of anilines is 1. The molecule has 6 heteroatoms. The van der Waals surface area contributed by atoms with E-state index in [1.807, 2.05) is 24.4 Å². The predicted molar refractivity (Wildman–Crippen MR) is 201 cm³/mol. The number of hydrogen-bond donors (Lipinski definition) is 1. The molecule has 0 radical (unpaired) electrons. The van der Waals surface area contributed by atoms with Gasteiger partial charge in [-0.3, -0.25) is 9.55 Å². The number of nitrogens with zero attached hydrogens (tertiary/aromatic N) is 4. The number of rotatable bonds is 4. The maximum absolute atomic E-state index is 12.3. The van der Waals surface area contributed by atoms with E-state index in [4.69, 9.17) is 10.7 Å². The molecule has 9 aromatic rings. The first-order chi connectivity index (χ1) is 24.0. The van der Waals surface area contributed by atoms with Gasteiger partial charge in [0.05, 0.1) is 34.3 Å². The lowest BCUT2D eigenvalue weighted by Gasteiger charge is -2.18. The van der Waals surface area contributed by atoms with Crippen LogP contribution in [-0.4, -0.2) is 19.5 Å². The molecule has 2 N–H and O–H groups in total. The molecule has 0 amide bonds. The molecule has 3 aromatic heterocycles. The van der Waals surface area contributed by atoms with Crippen molar-refractivity contribution in [3.63, 3.8) is 0 Å². The fourth-order valence-corrected chi connectivity index (χ4v) is 7.16. The first-order valence-corrected chi connectivity index (χ1v) is 16.2. The molecule has 0 unspecified atom stereocenters. The van der Waals surface area contributed by atoms with Crippen LogP contribution in [0, 0.1) is 0 Å². The number of fused-ring (bicyclic) bond motifs is 5. The summed E-state index contributed by atoms with van der Waals surface area (Å²) in [5.41, 5.74) is 16.3. The van der Waals surface area contributed by atoms with E-state index in [0.29, 0.717) is 11.4 Å². The van der Waals surface area contributed by atoms with E-state index in [1.54, 1.807) is 7.05 Å². The highest BCUT2D eigenvalue weighted by Crippen LogP contribution is 2.44. The molecule has 0 aliphatic heterocycles. The third-order valence-corrected chi connectivity index (χ3v) is 9.49. The van der Waals surface area contributed by atoms with E-state index in [9.17, 15) is 4.79 Å². The van der Waals surface area contributed by atoms with Crippen LogP contribution in [0.2, 0.25) is 0 Å². The summed E-state index contributed by atoms with van der Waals surface area (Å²) in [5, 5.41) is 6.84. The second-order valence-corrected chi connectivity index (χ2v) is 12.3. The molecule has 49 heavy (non-hydrogen) atoms. The molecule has 232 valence electrons. The normalized spacial score (nSPS) is 11.5. The second kappa shape index (κ2) is 11.2. The number of aromatic nitrogens is 4. The number of nitrogens with two attached hydrogens (primary N) is 1. The van der Waals surface area contributed by atoms with Gasteiger partial charge in [0.25, 0.3) is 0 Å². The highest BCUT2D eigenvalue weighted by Gasteiger charge is 2.17.